The molecule has 0 aliphatic heterocycles. The first-order chi connectivity index (χ1) is 14.1. The summed E-state index contributed by atoms with van der Waals surface area (Å²) in [4.78, 5) is 48.5. The summed E-state index contributed by atoms with van der Waals surface area (Å²) in [6.45, 7) is 13.2. The zero-order valence-electron chi connectivity index (χ0n) is 17.6. The molecule has 1 aromatic carbocycles. The zero-order chi connectivity index (χ0) is 22.8. The molecule has 2 atom stereocenters. The molecule has 0 saturated carbocycles. The van der Waals surface area contributed by atoms with Gasteiger partial charge in [0, 0.05) is 24.0 Å². The van der Waals surface area contributed by atoms with Gasteiger partial charge in [0.1, 0.15) is 0 Å². The van der Waals surface area contributed by atoms with Gasteiger partial charge in [-0.3, -0.25) is 0 Å². The van der Waals surface area contributed by atoms with Crippen molar-refractivity contribution in [3.8, 4) is 0 Å². The van der Waals surface area contributed by atoms with Gasteiger partial charge >= 0.3 is 23.9 Å². The highest BCUT2D eigenvalue weighted by Gasteiger charge is 2.26. The summed E-state index contributed by atoms with van der Waals surface area (Å²) in [5.74, 6) is -3.16. The largest absolute Gasteiger partial charge is 0.422 e. The molecule has 0 aliphatic carbocycles. The molecule has 0 amide bonds. The first kappa shape index (κ1) is 24.6. The van der Waals surface area contributed by atoms with Gasteiger partial charge in [-0.15, -0.1) is 0 Å². The van der Waals surface area contributed by atoms with Crippen LogP contribution in [-0.2, 0) is 28.5 Å². The fourth-order valence-electron chi connectivity index (χ4n) is 2.03. The number of rotatable bonds is 10. The molecule has 0 aromatic heterocycles. The second-order valence-electron chi connectivity index (χ2n) is 6.40. The smallest absolute Gasteiger partial charge is 0.342 e. The van der Waals surface area contributed by atoms with Crippen LogP contribution in [0, 0.1) is 0 Å². The molecule has 8 nitrogen and oxygen atoms in total. The lowest BCUT2D eigenvalue weighted by molar-refractivity contribution is -0.165. The molecule has 0 heterocycles. The summed E-state index contributed by atoms with van der Waals surface area (Å²) < 4.78 is 20.5. The normalized spacial score (nSPS) is 12.1. The highest BCUT2D eigenvalue weighted by atomic mass is 16.7. The van der Waals surface area contributed by atoms with Gasteiger partial charge in [0.05, 0.1) is 11.1 Å². The van der Waals surface area contributed by atoms with Crippen LogP contribution in [0.1, 0.15) is 61.3 Å². The number of benzene rings is 1. The Hall–Kier alpha value is -3.42. The van der Waals surface area contributed by atoms with Gasteiger partial charge in [0.25, 0.3) is 0 Å². The maximum Gasteiger partial charge on any atom is 0.342 e. The lowest BCUT2D eigenvalue weighted by atomic mass is 10.1. The fraction of sp³-hybridized carbons (Fsp3) is 0.364. The summed E-state index contributed by atoms with van der Waals surface area (Å²) in [6, 6.07) is 5.80. The van der Waals surface area contributed by atoms with E-state index in [4.69, 9.17) is 18.9 Å². The molecule has 0 saturated heterocycles. The maximum absolute atomic E-state index is 12.6. The predicted octanol–water partition coefficient (Wildman–Crippen LogP) is 3.71. The molecular weight excluding hydrogens is 392 g/mol. The van der Waals surface area contributed by atoms with Crippen molar-refractivity contribution in [2.75, 3.05) is 0 Å². The van der Waals surface area contributed by atoms with Crippen LogP contribution in [-0.4, -0.2) is 36.5 Å². The van der Waals surface area contributed by atoms with Crippen molar-refractivity contribution >= 4 is 23.9 Å². The maximum atomic E-state index is 12.6. The molecule has 0 radical (unpaired) electrons. The Labute approximate surface area is 175 Å². The van der Waals surface area contributed by atoms with Crippen LogP contribution < -0.4 is 0 Å². The minimum atomic E-state index is -1.15. The topological polar surface area (TPSA) is 105 Å². The van der Waals surface area contributed by atoms with E-state index in [1.165, 1.54) is 38.1 Å². The highest BCUT2D eigenvalue weighted by molar-refractivity contribution is 6.03. The van der Waals surface area contributed by atoms with Crippen LogP contribution in [0.2, 0.25) is 0 Å². The molecular formula is C22H26O8. The molecule has 0 N–H and O–H groups in total. The number of carbonyl (C=O) groups is 4. The van der Waals surface area contributed by atoms with Crippen LogP contribution in [0.15, 0.2) is 48.6 Å². The lowest BCUT2D eigenvalue weighted by Crippen LogP contribution is -2.27. The Morgan fingerprint density at radius 1 is 0.733 bits per heavy atom. The van der Waals surface area contributed by atoms with Crippen LogP contribution in [0.3, 0.4) is 0 Å². The fourth-order valence-corrected chi connectivity index (χ4v) is 2.03. The van der Waals surface area contributed by atoms with Gasteiger partial charge in [-0.05, 0) is 26.0 Å². The third-order valence-corrected chi connectivity index (χ3v) is 3.68. The standard InChI is InChI=1S/C22H26O8/c1-7-17(27-19(23)13(3)4)29-21(25)15-11-9-10-12-16(15)22(26)30-18(8-2)28-20(24)14(5)6/h9-12,17-18H,3,5,7-8H2,1-2,4,6H3. The van der Waals surface area contributed by atoms with Gasteiger partial charge in [0.15, 0.2) is 0 Å². The highest BCUT2D eigenvalue weighted by Crippen LogP contribution is 2.17. The van der Waals surface area contributed by atoms with Crippen LogP contribution in [0.25, 0.3) is 0 Å². The van der Waals surface area contributed by atoms with Crippen molar-refractivity contribution < 1.29 is 38.1 Å². The SMILES string of the molecule is C=C(C)C(=O)OC(CC)OC(=O)c1ccccc1C(=O)OC(CC)OC(=O)C(=C)C. The Balaban J connectivity index is 2.96. The molecule has 0 fully saturated rings. The molecule has 0 spiro atoms. The van der Waals surface area contributed by atoms with Crippen molar-refractivity contribution in [3.05, 3.63) is 59.7 Å². The third-order valence-electron chi connectivity index (χ3n) is 3.68. The Bertz CT molecular complexity index is 770. The lowest BCUT2D eigenvalue weighted by Gasteiger charge is -2.19. The van der Waals surface area contributed by atoms with E-state index in [0.29, 0.717) is 0 Å². The second-order valence-corrected chi connectivity index (χ2v) is 6.40. The van der Waals surface area contributed by atoms with Crippen molar-refractivity contribution in [1.82, 2.24) is 0 Å². The monoisotopic (exact) mass is 418 g/mol. The van der Waals surface area contributed by atoms with E-state index in [2.05, 4.69) is 13.2 Å². The Kier molecular flexibility index (Phi) is 9.48. The van der Waals surface area contributed by atoms with E-state index in [1.54, 1.807) is 13.8 Å². The molecule has 1 rings (SSSR count). The quantitative estimate of drug-likeness (QED) is 0.322. The molecule has 30 heavy (non-hydrogen) atoms. The summed E-state index contributed by atoms with van der Waals surface area (Å²) >= 11 is 0. The van der Waals surface area contributed by atoms with Crippen molar-refractivity contribution in [2.24, 2.45) is 0 Å². The Morgan fingerprint density at radius 2 is 1.07 bits per heavy atom. The second kappa shape index (κ2) is 11.5. The average Bonchev–Trinajstić information content (AvgIpc) is 2.71. The van der Waals surface area contributed by atoms with Gasteiger partial charge in [-0.1, -0.05) is 39.1 Å². The molecule has 8 heteroatoms. The molecule has 1 aromatic rings. The zero-order valence-corrected chi connectivity index (χ0v) is 17.6. The number of hydrogen-bond donors (Lipinski definition) is 0. The van der Waals surface area contributed by atoms with Gasteiger partial charge in [-0.2, -0.15) is 0 Å². The number of hydrogen-bond acceptors (Lipinski definition) is 8. The van der Waals surface area contributed by atoms with Gasteiger partial charge in [-0.25, -0.2) is 19.2 Å². The van der Waals surface area contributed by atoms with E-state index in [9.17, 15) is 19.2 Å². The average molecular weight is 418 g/mol. The number of ether oxygens (including phenoxy) is 4. The molecule has 0 bridgehead atoms. The van der Waals surface area contributed by atoms with E-state index in [-0.39, 0.29) is 35.1 Å². The van der Waals surface area contributed by atoms with Crippen LogP contribution in [0.5, 0.6) is 0 Å². The van der Waals surface area contributed by atoms with E-state index in [0.717, 1.165) is 0 Å². The third kappa shape index (κ3) is 7.20. The Morgan fingerprint density at radius 3 is 1.33 bits per heavy atom. The predicted molar refractivity (Wildman–Crippen MR) is 107 cm³/mol. The van der Waals surface area contributed by atoms with Crippen molar-refractivity contribution in [1.29, 1.82) is 0 Å². The number of esters is 4. The van der Waals surface area contributed by atoms with E-state index >= 15 is 0 Å². The first-order valence-electron chi connectivity index (χ1n) is 9.34. The minimum absolute atomic E-state index is 0.0894. The summed E-state index contributed by atoms with van der Waals surface area (Å²) in [5, 5.41) is 0. The molecule has 162 valence electrons. The summed E-state index contributed by atoms with van der Waals surface area (Å²) in [7, 11) is 0. The minimum Gasteiger partial charge on any atom is -0.422 e. The van der Waals surface area contributed by atoms with Crippen LogP contribution in [0.4, 0.5) is 0 Å². The van der Waals surface area contributed by atoms with E-state index < -0.39 is 36.5 Å². The van der Waals surface area contributed by atoms with Gasteiger partial charge in [0.2, 0.25) is 12.6 Å². The van der Waals surface area contributed by atoms with Crippen LogP contribution >= 0.6 is 0 Å². The van der Waals surface area contributed by atoms with Crippen molar-refractivity contribution in [2.45, 2.75) is 53.1 Å². The molecule has 2 unspecified atom stereocenters. The summed E-state index contributed by atoms with van der Waals surface area (Å²) in [5.41, 5.74) is 0.133. The van der Waals surface area contributed by atoms with Crippen molar-refractivity contribution in [3.63, 3.8) is 0 Å². The first-order valence-corrected chi connectivity index (χ1v) is 9.34. The van der Waals surface area contributed by atoms with E-state index in [1.807, 2.05) is 0 Å². The molecule has 0 aliphatic rings. The van der Waals surface area contributed by atoms with Gasteiger partial charge < -0.3 is 18.9 Å². The summed E-state index contributed by atoms with van der Waals surface area (Å²) in [6.07, 6.45) is -1.89. The number of carbonyl (C=O) groups excluding carboxylic acids is 4.